The second kappa shape index (κ2) is 8.49. The van der Waals surface area contributed by atoms with E-state index in [1.165, 1.54) is 17.3 Å². The van der Waals surface area contributed by atoms with Crippen molar-refractivity contribution in [2.24, 2.45) is 0 Å². The van der Waals surface area contributed by atoms with Gasteiger partial charge in [0.2, 0.25) is 5.91 Å². The Morgan fingerprint density at radius 1 is 1.32 bits per heavy atom. The average Bonchev–Trinajstić information content (AvgIpc) is 3.22. The third-order valence-corrected chi connectivity index (χ3v) is 5.25. The summed E-state index contributed by atoms with van der Waals surface area (Å²) in [6.45, 7) is 4.20. The molecule has 0 N–H and O–H groups in total. The number of ether oxygens (including phenoxy) is 1. The number of nitrogens with zero attached hydrogens (tertiary/aromatic N) is 4. The molecular weight excluding hydrogens is 336 g/mol. The van der Waals surface area contributed by atoms with Crippen molar-refractivity contribution in [2.75, 3.05) is 30.9 Å². The molecule has 1 aromatic heterocycles. The molecule has 25 heavy (non-hydrogen) atoms. The Hall–Kier alpha value is -1.86. The minimum Gasteiger partial charge on any atom is -0.383 e. The molecular formula is C18H24N4O2S. The van der Waals surface area contributed by atoms with E-state index in [1.807, 2.05) is 23.1 Å². The van der Waals surface area contributed by atoms with E-state index in [0.717, 1.165) is 42.5 Å². The number of carbonyl (C=O) groups is 1. The third kappa shape index (κ3) is 4.04. The molecule has 2 heterocycles. The van der Waals surface area contributed by atoms with E-state index in [-0.39, 0.29) is 5.91 Å². The van der Waals surface area contributed by atoms with E-state index in [0.29, 0.717) is 18.9 Å². The van der Waals surface area contributed by atoms with Gasteiger partial charge in [-0.3, -0.25) is 4.79 Å². The van der Waals surface area contributed by atoms with Crippen LogP contribution in [0.2, 0.25) is 0 Å². The number of anilines is 1. The summed E-state index contributed by atoms with van der Waals surface area (Å²) < 4.78 is 7.26. The van der Waals surface area contributed by atoms with Gasteiger partial charge in [0, 0.05) is 32.3 Å². The molecule has 1 aliphatic rings. The Morgan fingerprint density at radius 3 is 2.96 bits per heavy atom. The number of hydrogen-bond donors (Lipinski definition) is 0. The van der Waals surface area contributed by atoms with Gasteiger partial charge < -0.3 is 14.2 Å². The van der Waals surface area contributed by atoms with Crippen LogP contribution in [0.4, 0.5) is 5.69 Å². The van der Waals surface area contributed by atoms with Gasteiger partial charge in [0.05, 0.1) is 12.4 Å². The Kier molecular flexibility index (Phi) is 6.09. The Labute approximate surface area is 152 Å². The van der Waals surface area contributed by atoms with E-state index < -0.39 is 0 Å². The van der Waals surface area contributed by atoms with Crippen LogP contribution in [0.25, 0.3) is 0 Å². The van der Waals surface area contributed by atoms with Crippen molar-refractivity contribution in [3.05, 3.63) is 35.7 Å². The van der Waals surface area contributed by atoms with Gasteiger partial charge in [-0.15, -0.1) is 10.2 Å². The zero-order valence-electron chi connectivity index (χ0n) is 14.8. The van der Waals surface area contributed by atoms with Gasteiger partial charge >= 0.3 is 0 Å². The Morgan fingerprint density at radius 2 is 2.16 bits per heavy atom. The van der Waals surface area contributed by atoms with Gasteiger partial charge in [0.1, 0.15) is 5.82 Å². The molecule has 1 aromatic carbocycles. The van der Waals surface area contributed by atoms with Gasteiger partial charge in [0.15, 0.2) is 5.16 Å². The first-order chi connectivity index (χ1) is 12.2. The normalized spacial score (nSPS) is 13.3. The van der Waals surface area contributed by atoms with Crippen LogP contribution in [0, 0.1) is 0 Å². The second-order valence-electron chi connectivity index (χ2n) is 6.01. The second-order valence-corrected chi connectivity index (χ2v) is 6.95. The predicted octanol–water partition coefficient (Wildman–Crippen LogP) is 2.56. The van der Waals surface area contributed by atoms with E-state index in [9.17, 15) is 4.79 Å². The molecule has 134 valence electrons. The molecule has 1 amide bonds. The minimum absolute atomic E-state index is 0.119. The lowest BCUT2D eigenvalue weighted by Crippen LogP contribution is -2.30. The number of aromatic nitrogens is 3. The average molecular weight is 360 g/mol. The summed E-state index contributed by atoms with van der Waals surface area (Å²) in [5.41, 5.74) is 2.29. The molecule has 2 aromatic rings. The zero-order valence-corrected chi connectivity index (χ0v) is 15.6. The monoisotopic (exact) mass is 360 g/mol. The topological polar surface area (TPSA) is 60.2 Å². The molecule has 0 bridgehead atoms. The summed E-state index contributed by atoms with van der Waals surface area (Å²) in [6.07, 6.45) is 2.82. The molecule has 0 atom stereocenters. The number of carbonyl (C=O) groups excluding carboxylic acids is 1. The van der Waals surface area contributed by atoms with Gasteiger partial charge in [-0.1, -0.05) is 36.9 Å². The highest BCUT2D eigenvalue weighted by atomic mass is 32.2. The lowest BCUT2D eigenvalue weighted by molar-refractivity contribution is -0.116. The number of para-hydroxylation sites is 1. The molecule has 0 saturated carbocycles. The molecule has 0 saturated heterocycles. The molecule has 1 aliphatic heterocycles. The van der Waals surface area contributed by atoms with Crippen LogP contribution in [0.1, 0.15) is 24.7 Å². The lowest BCUT2D eigenvalue weighted by atomic mass is 10.2. The van der Waals surface area contributed by atoms with Crippen LogP contribution in [-0.4, -0.2) is 46.7 Å². The lowest BCUT2D eigenvalue weighted by Gasteiger charge is -2.17. The van der Waals surface area contributed by atoms with E-state index in [2.05, 4.69) is 27.8 Å². The van der Waals surface area contributed by atoms with Crippen molar-refractivity contribution in [2.45, 2.75) is 37.9 Å². The highest BCUT2D eigenvalue weighted by Gasteiger charge is 2.24. The van der Waals surface area contributed by atoms with Crippen molar-refractivity contribution in [1.82, 2.24) is 14.8 Å². The standard InChI is InChI=1S/C18H24N4O2S/c1-3-6-16-19-20-18(22(16)11-12-24-2)25-13-17(23)21-10-9-14-7-4-5-8-15(14)21/h4-5,7-8H,3,6,9-13H2,1-2H3. The SMILES string of the molecule is CCCc1nnc(SCC(=O)N2CCc3ccccc32)n1CCOC. The fourth-order valence-electron chi connectivity index (χ4n) is 3.04. The molecule has 7 heteroatoms. The molecule has 0 radical (unpaired) electrons. The van der Waals surface area contributed by atoms with Crippen LogP contribution >= 0.6 is 11.8 Å². The largest absolute Gasteiger partial charge is 0.383 e. The summed E-state index contributed by atoms with van der Waals surface area (Å²) in [7, 11) is 1.69. The first-order valence-corrected chi connectivity index (χ1v) is 9.65. The maximum absolute atomic E-state index is 12.7. The zero-order chi connectivity index (χ0) is 17.6. The fourth-order valence-corrected chi connectivity index (χ4v) is 3.90. The van der Waals surface area contributed by atoms with Crippen molar-refractivity contribution < 1.29 is 9.53 Å². The highest BCUT2D eigenvalue weighted by Crippen LogP contribution is 2.28. The number of fused-ring (bicyclic) bond motifs is 1. The molecule has 6 nitrogen and oxygen atoms in total. The summed E-state index contributed by atoms with van der Waals surface area (Å²) >= 11 is 1.46. The van der Waals surface area contributed by atoms with Gasteiger partial charge in [0.25, 0.3) is 0 Å². The van der Waals surface area contributed by atoms with Crippen molar-refractivity contribution in [3.63, 3.8) is 0 Å². The number of aryl methyl sites for hydroxylation is 1. The van der Waals surface area contributed by atoms with Crippen LogP contribution in [0.15, 0.2) is 29.4 Å². The van der Waals surface area contributed by atoms with Crippen molar-refractivity contribution in [3.8, 4) is 0 Å². The summed E-state index contributed by atoms with van der Waals surface area (Å²) in [5, 5.41) is 9.35. The van der Waals surface area contributed by atoms with Crippen LogP contribution in [-0.2, 0) is 28.9 Å². The quantitative estimate of drug-likeness (QED) is 0.677. The van der Waals surface area contributed by atoms with Crippen LogP contribution < -0.4 is 4.90 Å². The first kappa shape index (κ1) is 17.9. The van der Waals surface area contributed by atoms with Crippen LogP contribution in [0.5, 0.6) is 0 Å². The van der Waals surface area contributed by atoms with Gasteiger partial charge in [-0.2, -0.15) is 0 Å². The maximum atomic E-state index is 12.7. The third-order valence-electron chi connectivity index (χ3n) is 4.30. The Bertz CT molecular complexity index is 732. The molecule has 3 rings (SSSR count). The molecule has 0 spiro atoms. The van der Waals surface area contributed by atoms with Crippen molar-refractivity contribution >= 4 is 23.4 Å². The summed E-state index contributed by atoms with van der Waals surface area (Å²) in [6, 6.07) is 8.12. The van der Waals surface area contributed by atoms with E-state index in [1.54, 1.807) is 7.11 Å². The molecule has 0 fully saturated rings. The number of thioether (sulfide) groups is 1. The highest BCUT2D eigenvalue weighted by molar-refractivity contribution is 7.99. The van der Waals surface area contributed by atoms with Gasteiger partial charge in [-0.05, 0) is 24.5 Å². The number of methoxy groups -OCH3 is 1. The number of hydrogen-bond acceptors (Lipinski definition) is 5. The molecule has 0 unspecified atom stereocenters. The maximum Gasteiger partial charge on any atom is 0.237 e. The predicted molar refractivity (Wildman–Crippen MR) is 99.1 cm³/mol. The number of amides is 1. The fraction of sp³-hybridized carbons (Fsp3) is 0.500. The number of benzene rings is 1. The summed E-state index contributed by atoms with van der Waals surface area (Å²) in [4.78, 5) is 14.5. The smallest absolute Gasteiger partial charge is 0.237 e. The minimum atomic E-state index is 0.119. The van der Waals surface area contributed by atoms with Crippen molar-refractivity contribution in [1.29, 1.82) is 0 Å². The molecule has 0 aliphatic carbocycles. The first-order valence-electron chi connectivity index (χ1n) is 8.66. The van der Waals surface area contributed by atoms with E-state index >= 15 is 0 Å². The number of rotatable bonds is 8. The summed E-state index contributed by atoms with van der Waals surface area (Å²) in [5.74, 6) is 1.44. The Balaban J connectivity index is 1.66. The van der Waals surface area contributed by atoms with E-state index in [4.69, 9.17) is 4.74 Å². The van der Waals surface area contributed by atoms with Crippen LogP contribution in [0.3, 0.4) is 0 Å². The van der Waals surface area contributed by atoms with Gasteiger partial charge in [-0.25, -0.2) is 0 Å².